The van der Waals surface area contributed by atoms with Crippen LogP contribution in [0.2, 0.25) is 0 Å². The van der Waals surface area contributed by atoms with E-state index in [0.29, 0.717) is 0 Å². The molecule has 0 aromatic rings. The zero-order valence-corrected chi connectivity index (χ0v) is 16.2. The molecule has 0 aromatic carbocycles. The fraction of sp³-hybridized carbons (Fsp3) is 0.889. The highest BCUT2D eigenvalue weighted by molar-refractivity contribution is 7.51. The molecule has 0 fully saturated rings. The zero-order chi connectivity index (χ0) is 18.3. The van der Waals surface area contributed by atoms with Gasteiger partial charge in [0, 0.05) is 6.04 Å². The largest absolute Gasteiger partial charge is 0.387 e. The Hall–Kier alpha value is -0.190. The summed E-state index contributed by atoms with van der Waals surface area (Å²) in [5.74, 6) is 0. The fourth-order valence-corrected chi connectivity index (χ4v) is 3.45. The van der Waals surface area contributed by atoms with Crippen molar-refractivity contribution in [1.29, 1.82) is 0 Å². The molecule has 0 aromatic heterocycles. The van der Waals surface area contributed by atoms with Crippen LogP contribution in [0.4, 0.5) is 0 Å². The van der Waals surface area contributed by atoms with E-state index >= 15 is 0 Å². The molecule has 6 heteroatoms. The second kappa shape index (κ2) is 15.1. The number of hydrogen-bond acceptors (Lipinski definition) is 3. The molecule has 2 atom stereocenters. The Balaban J connectivity index is 3.44. The standard InChI is InChI=1S/C18H38NO4P/c1-2-3-4-5-6-7-8-9-10-11-12-13-14-15-18(20)17(19)16-24(21,22)23/h14-15,17-18,20H,2-13,16,19H2,1H3,(H2,21,22,23)/t17-,18+/m0/s1. The number of rotatable bonds is 16. The lowest BCUT2D eigenvalue weighted by Crippen LogP contribution is -2.36. The quantitative estimate of drug-likeness (QED) is 0.188. The molecule has 5 N–H and O–H groups in total. The van der Waals surface area contributed by atoms with Gasteiger partial charge in [-0.3, -0.25) is 4.57 Å². The van der Waals surface area contributed by atoms with Crippen molar-refractivity contribution >= 4 is 7.60 Å². The molecule has 144 valence electrons. The van der Waals surface area contributed by atoms with E-state index in [-0.39, 0.29) is 0 Å². The lowest BCUT2D eigenvalue weighted by Gasteiger charge is -2.16. The van der Waals surface area contributed by atoms with E-state index < -0.39 is 25.9 Å². The molecule has 0 rings (SSSR count). The molecular weight excluding hydrogens is 325 g/mol. The Labute approximate surface area is 147 Å². The van der Waals surface area contributed by atoms with Gasteiger partial charge in [-0.2, -0.15) is 0 Å². The van der Waals surface area contributed by atoms with Crippen molar-refractivity contribution in [3.8, 4) is 0 Å². The Morgan fingerprint density at radius 2 is 1.38 bits per heavy atom. The van der Waals surface area contributed by atoms with Crippen molar-refractivity contribution in [2.45, 2.75) is 96.1 Å². The second-order valence-electron chi connectivity index (χ2n) is 6.75. The third-order valence-electron chi connectivity index (χ3n) is 4.19. The first kappa shape index (κ1) is 23.8. The van der Waals surface area contributed by atoms with Gasteiger partial charge in [0.1, 0.15) is 0 Å². The van der Waals surface area contributed by atoms with Gasteiger partial charge in [0.2, 0.25) is 0 Å². The topological polar surface area (TPSA) is 104 Å². The molecule has 0 aliphatic heterocycles. The molecule has 0 amide bonds. The van der Waals surface area contributed by atoms with E-state index in [2.05, 4.69) is 6.92 Å². The molecule has 5 nitrogen and oxygen atoms in total. The lowest BCUT2D eigenvalue weighted by molar-refractivity contribution is 0.195. The SMILES string of the molecule is CCCCCCCCCCCCCC=C[C@@H](O)[C@@H](N)CP(=O)(O)O. The summed E-state index contributed by atoms with van der Waals surface area (Å²) in [6.07, 6.45) is 17.1. The van der Waals surface area contributed by atoms with Crippen molar-refractivity contribution < 1.29 is 19.5 Å². The number of hydrogen-bond donors (Lipinski definition) is 4. The van der Waals surface area contributed by atoms with Crippen molar-refractivity contribution in [1.82, 2.24) is 0 Å². The number of unbranched alkanes of at least 4 members (excludes halogenated alkanes) is 11. The van der Waals surface area contributed by atoms with Gasteiger partial charge in [-0.25, -0.2) is 0 Å². The van der Waals surface area contributed by atoms with Crippen LogP contribution < -0.4 is 5.73 Å². The van der Waals surface area contributed by atoms with Crippen molar-refractivity contribution in [2.24, 2.45) is 5.73 Å². The number of nitrogens with two attached hydrogens (primary N) is 1. The summed E-state index contributed by atoms with van der Waals surface area (Å²) >= 11 is 0. The maximum atomic E-state index is 10.8. The van der Waals surface area contributed by atoms with E-state index in [1.807, 2.05) is 6.08 Å². The van der Waals surface area contributed by atoms with E-state index in [9.17, 15) is 9.67 Å². The molecule has 0 aliphatic carbocycles. The predicted octanol–water partition coefficient (Wildman–Crippen LogP) is 4.11. The van der Waals surface area contributed by atoms with Gasteiger partial charge in [0.25, 0.3) is 0 Å². The van der Waals surface area contributed by atoms with Gasteiger partial charge in [-0.15, -0.1) is 0 Å². The van der Waals surface area contributed by atoms with Crippen molar-refractivity contribution in [3.05, 3.63) is 12.2 Å². The number of aliphatic hydroxyl groups excluding tert-OH is 1. The first-order valence-electron chi connectivity index (χ1n) is 9.51. The highest BCUT2D eigenvalue weighted by Crippen LogP contribution is 2.35. The van der Waals surface area contributed by atoms with Crippen LogP contribution in [-0.4, -0.2) is 33.2 Å². The third kappa shape index (κ3) is 16.7. The average Bonchev–Trinajstić information content (AvgIpc) is 2.50. The van der Waals surface area contributed by atoms with Crippen LogP contribution in [0.1, 0.15) is 84.0 Å². The van der Waals surface area contributed by atoms with Crippen LogP contribution >= 0.6 is 7.60 Å². The minimum Gasteiger partial charge on any atom is -0.387 e. The lowest BCUT2D eigenvalue weighted by atomic mass is 10.0. The van der Waals surface area contributed by atoms with E-state index in [1.165, 1.54) is 64.2 Å². The Morgan fingerprint density at radius 1 is 0.917 bits per heavy atom. The summed E-state index contributed by atoms with van der Waals surface area (Å²) in [4.78, 5) is 17.6. The molecule has 0 spiro atoms. The Morgan fingerprint density at radius 3 is 1.83 bits per heavy atom. The maximum Gasteiger partial charge on any atom is 0.327 e. The van der Waals surface area contributed by atoms with Gasteiger partial charge in [-0.05, 0) is 12.8 Å². The molecular formula is C18H38NO4P. The van der Waals surface area contributed by atoms with Crippen LogP contribution in [0, 0.1) is 0 Å². The van der Waals surface area contributed by atoms with E-state index in [1.54, 1.807) is 6.08 Å². The van der Waals surface area contributed by atoms with Gasteiger partial charge in [0.15, 0.2) is 0 Å². The van der Waals surface area contributed by atoms with Crippen molar-refractivity contribution in [3.63, 3.8) is 0 Å². The van der Waals surface area contributed by atoms with Crippen LogP contribution in [0.15, 0.2) is 12.2 Å². The summed E-state index contributed by atoms with van der Waals surface area (Å²) in [5, 5.41) is 9.70. The van der Waals surface area contributed by atoms with Gasteiger partial charge >= 0.3 is 7.60 Å². The Bertz CT molecular complexity index is 357. The van der Waals surface area contributed by atoms with Crippen LogP contribution in [0.5, 0.6) is 0 Å². The first-order valence-corrected chi connectivity index (χ1v) is 11.3. The van der Waals surface area contributed by atoms with Gasteiger partial charge in [-0.1, -0.05) is 83.3 Å². The molecule has 0 radical (unpaired) electrons. The highest BCUT2D eigenvalue weighted by atomic mass is 31.2. The number of aliphatic hydroxyl groups is 1. The van der Waals surface area contributed by atoms with E-state index in [0.717, 1.165) is 12.8 Å². The predicted molar refractivity (Wildman–Crippen MR) is 101 cm³/mol. The number of allylic oxidation sites excluding steroid dienone is 1. The molecule has 0 aliphatic rings. The van der Waals surface area contributed by atoms with Gasteiger partial charge < -0.3 is 20.6 Å². The van der Waals surface area contributed by atoms with Crippen LogP contribution in [-0.2, 0) is 4.57 Å². The van der Waals surface area contributed by atoms with E-state index in [4.69, 9.17) is 15.5 Å². The average molecular weight is 363 g/mol. The van der Waals surface area contributed by atoms with Crippen molar-refractivity contribution in [2.75, 3.05) is 6.16 Å². The summed E-state index contributed by atoms with van der Waals surface area (Å²) in [7, 11) is -4.17. The Kier molecular flexibility index (Phi) is 15.0. The molecule has 0 bridgehead atoms. The summed E-state index contributed by atoms with van der Waals surface area (Å²) < 4.78 is 10.8. The maximum absolute atomic E-state index is 10.8. The monoisotopic (exact) mass is 363 g/mol. The molecule has 0 saturated heterocycles. The minimum absolute atomic E-state index is 0.489. The second-order valence-corrected chi connectivity index (χ2v) is 8.45. The van der Waals surface area contributed by atoms with Gasteiger partial charge in [0.05, 0.1) is 12.3 Å². The third-order valence-corrected chi connectivity index (χ3v) is 5.09. The van der Waals surface area contributed by atoms with Crippen LogP contribution in [0.3, 0.4) is 0 Å². The molecule has 0 saturated carbocycles. The normalized spacial score (nSPS) is 15.0. The fourth-order valence-electron chi connectivity index (χ4n) is 2.69. The molecule has 0 heterocycles. The van der Waals surface area contributed by atoms with Crippen LogP contribution in [0.25, 0.3) is 0 Å². The minimum atomic E-state index is -4.17. The summed E-state index contributed by atoms with van der Waals surface area (Å²) in [6, 6.07) is -0.917. The highest BCUT2D eigenvalue weighted by Gasteiger charge is 2.22. The summed E-state index contributed by atoms with van der Waals surface area (Å²) in [5.41, 5.74) is 5.56. The summed E-state index contributed by atoms with van der Waals surface area (Å²) in [6.45, 7) is 2.24. The first-order chi connectivity index (χ1) is 11.4. The smallest absolute Gasteiger partial charge is 0.327 e. The zero-order valence-electron chi connectivity index (χ0n) is 15.3. The molecule has 0 unspecified atom stereocenters. The molecule has 24 heavy (non-hydrogen) atoms.